The summed E-state index contributed by atoms with van der Waals surface area (Å²) in [7, 11) is 0. The molecular weight excluding hydrogens is 313 g/mol. The number of carbonyl (C=O) groups is 1. The molecule has 0 spiro atoms. The number of benzene rings is 3. The molecule has 3 aromatic rings. The third-order valence-electron chi connectivity index (χ3n) is 3.81. The Morgan fingerprint density at radius 1 is 1.09 bits per heavy atom. The van der Waals surface area contributed by atoms with Crippen molar-refractivity contribution in [1.82, 2.24) is 5.32 Å². The Kier molecular flexibility index (Phi) is 4.30. The van der Waals surface area contributed by atoms with Crippen molar-refractivity contribution in [2.75, 3.05) is 0 Å². The third kappa shape index (κ3) is 3.20. The van der Waals surface area contributed by atoms with Crippen LogP contribution in [0.1, 0.15) is 28.9 Å². The predicted molar refractivity (Wildman–Crippen MR) is 91.2 cm³/mol. The first-order chi connectivity index (χ1) is 11.1. The molecule has 0 radical (unpaired) electrons. The molecule has 1 atom stereocenters. The second-order valence-electron chi connectivity index (χ2n) is 5.39. The van der Waals surface area contributed by atoms with Crippen LogP contribution in [-0.2, 0) is 0 Å². The van der Waals surface area contributed by atoms with Gasteiger partial charge in [-0.25, -0.2) is 4.39 Å². The minimum absolute atomic E-state index is 0.104. The van der Waals surface area contributed by atoms with Gasteiger partial charge >= 0.3 is 0 Å². The highest BCUT2D eigenvalue weighted by atomic mass is 35.5. The predicted octanol–water partition coefficient (Wildman–Crippen LogP) is 5.12. The van der Waals surface area contributed by atoms with E-state index in [1.54, 1.807) is 0 Å². The molecule has 0 aliphatic carbocycles. The van der Waals surface area contributed by atoms with Crippen molar-refractivity contribution in [2.45, 2.75) is 13.0 Å². The first-order valence-electron chi connectivity index (χ1n) is 7.30. The molecule has 3 rings (SSSR count). The third-order valence-corrected chi connectivity index (χ3v) is 4.13. The molecule has 116 valence electrons. The molecule has 4 heteroatoms. The first kappa shape index (κ1) is 15.5. The zero-order chi connectivity index (χ0) is 16.4. The summed E-state index contributed by atoms with van der Waals surface area (Å²) in [5.74, 6) is -0.788. The molecule has 0 bridgehead atoms. The lowest BCUT2D eigenvalue weighted by atomic mass is 9.99. The van der Waals surface area contributed by atoms with Crippen LogP contribution in [0.5, 0.6) is 0 Å². The van der Waals surface area contributed by atoms with Gasteiger partial charge in [-0.2, -0.15) is 0 Å². The van der Waals surface area contributed by atoms with Gasteiger partial charge in [0.05, 0.1) is 16.6 Å². The standard InChI is InChI=1S/C19H15ClFNO/c1-12(15-8-4-6-13-5-2-3-7-16(13)15)22-19(23)17-10-9-14(21)11-18(17)20/h2-12H,1H3,(H,22,23)/t12-/m1/s1. The molecule has 0 heterocycles. The summed E-state index contributed by atoms with van der Waals surface area (Å²) in [6, 6.07) is 17.5. The number of amides is 1. The highest BCUT2D eigenvalue weighted by Gasteiger charge is 2.16. The van der Waals surface area contributed by atoms with E-state index in [4.69, 9.17) is 11.6 Å². The molecule has 2 nitrogen and oxygen atoms in total. The Morgan fingerprint density at radius 3 is 2.61 bits per heavy atom. The molecule has 1 N–H and O–H groups in total. The molecule has 0 aliphatic heterocycles. The first-order valence-corrected chi connectivity index (χ1v) is 7.67. The van der Waals surface area contributed by atoms with Crippen LogP contribution < -0.4 is 5.32 Å². The van der Waals surface area contributed by atoms with E-state index in [-0.39, 0.29) is 22.5 Å². The van der Waals surface area contributed by atoms with E-state index >= 15 is 0 Å². The Bertz CT molecular complexity index is 873. The average Bonchev–Trinajstić information content (AvgIpc) is 2.54. The molecule has 23 heavy (non-hydrogen) atoms. The molecule has 0 fully saturated rings. The quantitative estimate of drug-likeness (QED) is 0.710. The monoisotopic (exact) mass is 327 g/mol. The van der Waals surface area contributed by atoms with Crippen LogP contribution >= 0.6 is 11.6 Å². The zero-order valence-corrected chi connectivity index (χ0v) is 13.3. The number of hydrogen-bond acceptors (Lipinski definition) is 1. The van der Waals surface area contributed by atoms with Gasteiger partial charge in [0.2, 0.25) is 0 Å². The van der Waals surface area contributed by atoms with Crippen LogP contribution in [0.4, 0.5) is 4.39 Å². The molecule has 3 aromatic carbocycles. The van der Waals surface area contributed by atoms with Gasteiger partial charge < -0.3 is 5.32 Å². The van der Waals surface area contributed by atoms with Crippen molar-refractivity contribution in [1.29, 1.82) is 0 Å². The zero-order valence-electron chi connectivity index (χ0n) is 12.5. The van der Waals surface area contributed by atoms with Crippen molar-refractivity contribution in [3.63, 3.8) is 0 Å². The van der Waals surface area contributed by atoms with Crippen molar-refractivity contribution in [3.05, 3.63) is 82.6 Å². The van der Waals surface area contributed by atoms with Gasteiger partial charge in [0.25, 0.3) is 5.91 Å². The second-order valence-corrected chi connectivity index (χ2v) is 5.79. The largest absolute Gasteiger partial charge is 0.345 e. The second kappa shape index (κ2) is 6.39. The van der Waals surface area contributed by atoms with E-state index < -0.39 is 5.82 Å². The summed E-state index contributed by atoms with van der Waals surface area (Å²) >= 11 is 5.95. The summed E-state index contributed by atoms with van der Waals surface area (Å²) in [6.07, 6.45) is 0. The molecular formula is C19H15ClFNO. The summed E-state index contributed by atoms with van der Waals surface area (Å²) < 4.78 is 13.1. The molecule has 1 amide bonds. The van der Waals surface area contributed by atoms with E-state index in [0.29, 0.717) is 0 Å². The van der Waals surface area contributed by atoms with Crippen molar-refractivity contribution >= 4 is 28.3 Å². The molecule has 0 saturated heterocycles. The number of hydrogen-bond donors (Lipinski definition) is 1. The van der Waals surface area contributed by atoms with Crippen LogP contribution in [0.2, 0.25) is 5.02 Å². The van der Waals surface area contributed by atoms with Crippen LogP contribution in [0.3, 0.4) is 0 Å². The van der Waals surface area contributed by atoms with Crippen LogP contribution in [0.25, 0.3) is 10.8 Å². The highest BCUT2D eigenvalue weighted by Crippen LogP contribution is 2.25. The van der Waals surface area contributed by atoms with Gasteiger partial charge in [-0.3, -0.25) is 4.79 Å². The normalized spacial score (nSPS) is 12.1. The van der Waals surface area contributed by atoms with Gasteiger partial charge in [-0.15, -0.1) is 0 Å². The molecule has 0 unspecified atom stereocenters. The summed E-state index contributed by atoms with van der Waals surface area (Å²) in [5, 5.41) is 5.23. The van der Waals surface area contributed by atoms with Gasteiger partial charge in [-0.05, 0) is 41.5 Å². The Morgan fingerprint density at radius 2 is 1.83 bits per heavy atom. The fourth-order valence-electron chi connectivity index (χ4n) is 2.65. The Hall–Kier alpha value is -2.39. The maximum atomic E-state index is 13.1. The highest BCUT2D eigenvalue weighted by molar-refractivity contribution is 6.33. The van der Waals surface area contributed by atoms with Crippen LogP contribution in [0, 0.1) is 5.82 Å². The number of nitrogens with one attached hydrogen (secondary N) is 1. The number of rotatable bonds is 3. The van der Waals surface area contributed by atoms with Crippen molar-refractivity contribution < 1.29 is 9.18 Å². The summed E-state index contributed by atoms with van der Waals surface area (Å²) in [4.78, 5) is 12.4. The van der Waals surface area contributed by atoms with Gasteiger partial charge in [-0.1, -0.05) is 54.1 Å². The lowest BCUT2D eigenvalue weighted by Crippen LogP contribution is -2.27. The number of halogens is 2. The van der Waals surface area contributed by atoms with E-state index in [1.807, 2.05) is 49.4 Å². The van der Waals surface area contributed by atoms with E-state index in [1.165, 1.54) is 12.1 Å². The molecule has 0 aliphatic rings. The lowest BCUT2D eigenvalue weighted by molar-refractivity contribution is 0.0940. The van der Waals surface area contributed by atoms with Crippen molar-refractivity contribution in [2.24, 2.45) is 0 Å². The maximum absolute atomic E-state index is 13.1. The van der Waals surface area contributed by atoms with Gasteiger partial charge in [0, 0.05) is 0 Å². The van der Waals surface area contributed by atoms with E-state index in [0.717, 1.165) is 22.4 Å². The fraction of sp³-hybridized carbons (Fsp3) is 0.105. The molecule has 0 saturated carbocycles. The Labute approximate surface area is 138 Å². The lowest BCUT2D eigenvalue weighted by Gasteiger charge is -2.17. The van der Waals surface area contributed by atoms with E-state index in [9.17, 15) is 9.18 Å². The number of fused-ring (bicyclic) bond motifs is 1. The van der Waals surface area contributed by atoms with Crippen LogP contribution in [-0.4, -0.2) is 5.91 Å². The van der Waals surface area contributed by atoms with E-state index in [2.05, 4.69) is 5.32 Å². The number of carbonyl (C=O) groups excluding carboxylic acids is 1. The van der Waals surface area contributed by atoms with Gasteiger partial charge in [0.1, 0.15) is 5.82 Å². The fourth-order valence-corrected chi connectivity index (χ4v) is 2.91. The van der Waals surface area contributed by atoms with Gasteiger partial charge in [0.15, 0.2) is 0 Å². The molecule has 0 aromatic heterocycles. The smallest absolute Gasteiger partial charge is 0.253 e. The summed E-state index contributed by atoms with van der Waals surface area (Å²) in [5.41, 5.74) is 1.29. The average molecular weight is 328 g/mol. The summed E-state index contributed by atoms with van der Waals surface area (Å²) in [6.45, 7) is 1.91. The maximum Gasteiger partial charge on any atom is 0.253 e. The van der Waals surface area contributed by atoms with Crippen molar-refractivity contribution in [3.8, 4) is 0 Å². The Balaban J connectivity index is 1.88. The minimum atomic E-state index is -0.464. The minimum Gasteiger partial charge on any atom is -0.345 e. The SMILES string of the molecule is C[C@@H](NC(=O)c1ccc(F)cc1Cl)c1cccc2ccccc12. The topological polar surface area (TPSA) is 29.1 Å². The van der Waals surface area contributed by atoms with Crippen LogP contribution in [0.15, 0.2) is 60.7 Å².